The number of fused-ring (bicyclic) bond motifs is 1. The Labute approximate surface area is 247 Å². The molecule has 0 bridgehead atoms. The molecule has 1 aromatic heterocycles. The fraction of sp³-hybridized carbons (Fsp3) is 0.367. The summed E-state index contributed by atoms with van der Waals surface area (Å²) in [5, 5.41) is 16.0. The van der Waals surface area contributed by atoms with Gasteiger partial charge in [-0.15, -0.1) is 0 Å². The number of ether oxygens (including phenoxy) is 1. The van der Waals surface area contributed by atoms with Crippen LogP contribution in [0.15, 0.2) is 42.5 Å². The molecular weight excluding hydrogens is 569 g/mol. The molecule has 1 fully saturated rings. The van der Waals surface area contributed by atoms with Crippen molar-refractivity contribution in [1.29, 1.82) is 5.26 Å². The van der Waals surface area contributed by atoms with E-state index in [1.165, 1.54) is 12.1 Å². The van der Waals surface area contributed by atoms with Crippen LogP contribution in [-0.4, -0.2) is 67.1 Å². The average Bonchev–Trinajstić information content (AvgIpc) is 2.94. The first kappa shape index (κ1) is 31.1. The first-order valence-corrected chi connectivity index (χ1v) is 14.0. The molecule has 1 aliphatic rings. The van der Waals surface area contributed by atoms with Crippen molar-refractivity contribution >= 4 is 45.5 Å². The lowest BCUT2D eigenvalue weighted by Crippen LogP contribution is -2.44. The minimum absolute atomic E-state index is 0.231. The zero-order chi connectivity index (χ0) is 30.4. The molecule has 0 unspecified atom stereocenters. The minimum atomic E-state index is -4.60. The zero-order valence-electron chi connectivity index (χ0n) is 23.6. The van der Waals surface area contributed by atoms with Crippen LogP contribution < -0.4 is 15.4 Å². The van der Waals surface area contributed by atoms with Crippen LogP contribution in [0, 0.1) is 11.3 Å². The van der Waals surface area contributed by atoms with Gasteiger partial charge in [-0.1, -0.05) is 24.6 Å². The normalized spacial score (nSPS) is 14.7. The largest absolute Gasteiger partial charge is 0.492 e. The third kappa shape index (κ3) is 7.31. The lowest BCUT2D eigenvalue weighted by Gasteiger charge is -2.31. The van der Waals surface area contributed by atoms with E-state index in [1.807, 2.05) is 19.9 Å². The molecule has 0 radical (unpaired) electrons. The number of halogens is 4. The van der Waals surface area contributed by atoms with Gasteiger partial charge in [-0.25, -0.2) is 0 Å². The van der Waals surface area contributed by atoms with Gasteiger partial charge in [0.05, 0.1) is 45.3 Å². The molecule has 222 valence electrons. The van der Waals surface area contributed by atoms with E-state index in [4.69, 9.17) is 16.3 Å². The number of pyridine rings is 1. The van der Waals surface area contributed by atoms with E-state index in [9.17, 15) is 23.2 Å². The number of nitrogens with zero attached hydrogens (tertiary/aromatic N) is 4. The maximum Gasteiger partial charge on any atom is 0.417 e. The maximum atomic E-state index is 13.3. The topological polar surface area (TPSA) is 93.5 Å². The molecule has 1 saturated heterocycles. The van der Waals surface area contributed by atoms with Crippen molar-refractivity contribution in [1.82, 2.24) is 14.8 Å². The number of anilines is 3. The van der Waals surface area contributed by atoms with Gasteiger partial charge in [0.15, 0.2) is 0 Å². The molecule has 42 heavy (non-hydrogen) atoms. The predicted molar refractivity (Wildman–Crippen MR) is 158 cm³/mol. The number of piperazine rings is 1. The van der Waals surface area contributed by atoms with Crippen molar-refractivity contribution < 1.29 is 22.7 Å². The quantitative estimate of drug-likeness (QED) is 0.281. The number of aryl methyl sites for hydroxylation is 1. The molecule has 0 aliphatic carbocycles. The zero-order valence-corrected chi connectivity index (χ0v) is 24.4. The van der Waals surface area contributed by atoms with Gasteiger partial charge < -0.3 is 20.3 Å². The lowest BCUT2D eigenvalue weighted by atomic mass is 10.0. The fourth-order valence-corrected chi connectivity index (χ4v) is 4.99. The summed E-state index contributed by atoms with van der Waals surface area (Å²) in [7, 11) is 2.08. The SMILES string of the molecule is CCOc1cc2nc(CC)c(C#N)c(Nc3ccc(C(F)(F)F)c(Cl)c3)c2cc1NC(=O)/C=C/CN1CCN(C)CC1. The number of aromatic nitrogens is 1. The highest BCUT2D eigenvalue weighted by Gasteiger charge is 2.33. The summed E-state index contributed by atoms with van der Waals surface area (Å²) in [5.41, 5.74) is 1.20. The molecule has 1 amide bonds. The molecular formula is C30H32ClF3N6O2. The van der Waals surface area contributed by atoms with Crippen LogP contribution in [0.4, 0.5) is 30.2 Å². The van der Waals surface area contributed by atoms with Gasteiger partial charge >= 0.3 is 6.18 Å². The van der Waals surface area contributed by atoms with Crippen molar-refractivity contribution in [2.75, 3.05) is 57.0 Å². The minimum Gasteiger partial charge on any atom is -0.492 e. The lowest BCUT2D eigenvalue weighted by molar-refractivity contribution is -0.137. The molecule has 2 heterocycles. The Hall–Kier alpha value is -3.85. The molecule has 4 rings (SSSR count). The van der Waals surface area contributed by atoms with Crippen LogP contribution in [0.1, 0.15) is 30.7 Å². The Morgan fingerprint density at radius 1 is 1.19 bits per heavy atom. The Kier molecular flexibility index (Phi) is 9.93. The van der Waals surface area contributed by atoms with Crippen molar-refractivity contribution in [2.24, 2.45) is 0 Å². The number of nitrogens with one attached hydrogen (secondary N) is 2. The number of rotatable bonds is 9. The van der Waals surface area contributed by atoms with E-state index in [1.54, 1.807) is 12.1 Å². The monoisotopic (exact) mass is 600 g/mol. The Bertz CT molecular complexity index is 1530. The second-order valence-corrected chi connectivity index (χ2v) is 10.3. The van der Waals surface area contributed by atoms with E-state index >= 15 is 0 Å². The summed E-state index contributed by atoms with van der Waals surface area (Å²) in [6.45, 7) is 8.45. The smallest absolute Gasteiger partial charge is 0.417 e. The van der Waals surface area contributed by atoms with Crippen molar-refractivity contribution in [2.45, 2.75) is 26.4 Å². The van der Waals surface area contributed by atoms with Gasteiger partial charge in [-0.05, 0) is 44.7 Å². The van der Waals surface area contributed by atoms with Crippen LogP contribution >= 0.6 is 11.6 Å². The number of hydrogen-bond acceptors (Lipinski definition) is 7. The summed E-state index contributed by atoms with van der Waals surface area (Å²) in [5.74, 6) is 0.0423. The van der Waals surface area contributed by atoms with Crippen molar-refractivity contribution in [3.63, 3.8) is 0 Å². The molecule has 0 saturated carbocycles. The van der Waals surface area contributed by atoms with Gasteiger partial charge in [-0.2, -0.15) is 18.4 Å². The highest BCUT2D eigenvalue weighted by Crippen LogP contribution is 2.40. The van der Waals surface area contributed by atoms with E-state index in [0.29, 0.717) is 53.3 Å². The van der Waals surface area contributed by atoms with Gasteiger partial charge in [0, 0.05) is 55.9 Å². The molecule has 0 spiro atoms. The van der Waals surface area contributed by atoms with E-state index in [-0.39, 0.29) is 17.2 Å². The number of benzene rings is 2. The van der Waals surface area contributed by atoms with Crippen LogP contribution in [0.25, 0.3) is 10.9 Å². The van der Waals surface area contributed by atoms with Crippen molar-refractivity contribution in [3.8, 4) is 11.8 Å². The summed E-state index contributed by atoms with van der Waals surface area (Å²) in [4.78, 5) is 22.0. The summed E-state index contributed by atoms with van der Waals surface area (Å²) >= 11 is 5.95. The molecule has 1 aliphatic heterocycles. The van der Waals surface area contributed by atoms with E-state index < -0.39 is 16.8 Å². The van der Waals surface area contributed by atoms with Gasteiger partial charge in [-0.3, -0.25) is 14.7 Å². The molecule has 12 heteroatoms. The van der Waals surface area contributed by atoms with E-state index in [2.05, 4.69) is 38.5 Å². The first-order chi connectivity index (χ1) is 20.0. The van der Waals surface area contributed by atoms with Crippen LogP contribution in [0.2, 0.25) is 5.02 Å². The molecule has 8 nitrogen and oxygen atoms in total. The van der Waals surface area contributed by atoms with Crippen LogP contribution in [0.5, 0.6) is 5.75 Å². The summed E-state index contributed by atoms with van der Waals surface area (Å²) in [6, 6.07) is 8.77. The number of carbonyl (C=O) groups is 1. The van der Waals surface area contributed by atoms with Crippen LogP contribution in [0.3, 0.4) is 0 Å². The average molecular weight is 601 g/mol. The number of alkyl halides is 3. The fourth-order valence-electron chi connectivity index (χ4n) is 4.70. The predicted octanol–water partition coefficient (Wildman–Crippen LogP) is 6.23. The summed E-state index contributed by atoms with van der Waals surface area (Å²) < 4.78 is 45.6. The highest BCUT2D eigenvalue weighted by molar-refractivity contribution is 6.31. The second-order valence-electron chi connectivity index (χ2n) is 9.89. The standard InChI is InChI=1S/C30H32ClF3N6O2/c1-4-24-21(18-35)29(36-19-8-9-22(23(31)15-19)30(32,33)34)20-16-26(27(42-5-2)17-25(20)37-24)38-28(41)7-6-10-40-13-11-39(3)12-14-40/h6-9,15-17H,4-5,10-14H2,1-3H3,(H,36,37)(H,38,41)/b7-6+. The molecule has 2 aromatic carbocycles. The van der Waals surface area contributed by atoms with Crippen molar-refractivity contribution in [3.05, 3.63) is 64.3 Å². The molecule has 0 atom stereocenters. The molecule has 3 aromatic rings. The van der Waals surface area contributed by atoms with E-state index in [0.717, 1.165) is 38.3 Å². The van der Waals surface area contributed by atoms with Gasteiger partial charge in [0.2, 0.25) is 5.91 Å². The Morgan fingerprint density at radius 3 is 2.55 bits per heavy atom. The van der Waals surface area contributed by atoms with Gasteiger partial charge in [0.1, 0.15) is 11.8 Å². The number of amides is 1. The van der Waals surface area contributed by atoms with Crippen LogP contribution in [-0.2, 0) is 17.4 Å². The summed E-state index contributed by atoms with van der Waals surface area (Å²) in [6.07, 6.45) is -0.886. The Morgan fingerprint density at radius 2 is 1.93 bits per heavy atom. The number of carbonyl (C=O) groups excluding carboxylic acids is 1. The maximum absolute atomic E-state index is 13.3. The number of hydrogen-bond donors (Lipinski definition) is 2. The Balaban J connectivity index is 1.70. The highest BCUT2D eigenvalue weighted by atomic mass is 35.5. The third-order valence-corrected chi connectivity index (χ3v) is 7.25. The second kappa shape index (κ2) is 13.4. The van der Waals surface area contributed by atoms with Gasteiger partial charge in [0.25, 0.3) is 0 Å². The number of likely N-dealkylation sites (N-methyl/N-ethyl adjacent to an activating group) is 1. The first-order valence-electron chi connectivity index (χ1n) is 13.6. The number of nitriles is 1. The molecule has 2 N–H and O–H groups in total. The third-order valence-electron chi connectivity index (χ3n) is 6.94.